The number of guanidine groups is 1. The third-order valence-corrected chi connectivity index (χ3v) is 3.38. The number of H-pyrrole nitrogens is 1. The van der Waals surface area contributed by atoms with E-state index in [1.807, 2.05) is 0 Å². The van der Waals surface area contributed by atoms with E-state index in [0.29, 0.717) is 13.0 Å². The molecule has 12 heteroatoms. The highest BCUT2D eigenvalue weighted by Gasteiger charge is 2.34. The molecule has 0 aliphatic heterocycles. The Kier molecular flexibility index (Phi) is 9.42. The second-order valence-corrected chi connectivity index (χ2v) is 5.12. The summed E-state index contributed by atoms with van der Waals surface area (Å²) >= 11 is 0. The quantitative estimate of drug-likeness (QED) is 0.330. The fourth-order valence-electron chi connectivity index (χ4n) is 2.17. The summed E-state index contributed by atoms with van der Waals surface area (Å²) in [6, 6.07) is 3.20. The topological polar surface area (TPSA) is 119 Å². The predicted molar refractivity (Wildman–Crippen MR) is 102 cm³/mol. The van der Waals surface area contributed by atoms with Gasteiger partial charge in [0.05, 0.1) is 17.7 Å². The van der Waals surface area contributed by atoms with Crippen molar-refractivity contribution in [1.82, 2.24) is 10.3 Å². The number of aromatic amines is 1. The van der Waals surface area contributed by atoms with Crippen LogP contribution in [0.3, 0.4) is 0 Å². The lowest BCUT2D eigenvalue weighted by Gasteiger charge is -2.11. The summed E-state index contributed by atoms with van der Waals surface area (Å²) < 4.78 is 45.1. The molecular weight excluding hydrogens is 410 g/mol. The van der Waals surface area contributed by atoms with Crippen LogP contribution in [-0.2, 0) is 6.18 Å². The Labute approximate surface area is 165 Å². The molecule has 0 atom stereocenters. The molecule has 0 unspecified atom stereocenters. The third kappa shape index (κ3) is 5.91. The van der Waals surface area contributed by atoms with Crippen LogP contribution in [0.25, 0.3) is 10.9 Å². The van der Waals surface area contributed by atoms with Crippen molar-refractivity contribution in [1.29, 1.82) is 0 Å². The molecule has 0 fully saturated rings. The number of hydrogen-bond donors (Lipinski definition) is 4. The SMILES string of the molecule is CNC(N)=NC(=O)c1cc2c(C(F)(F)F)ccc(OCCCN)c2[nH]1.Cl.Cl. The Bertz CT molecular complexity index is 809. The monoisotopic (exact) mass is 429 g/mol. The van der Waals surface area contributed by atoms with Gasteiger partial charge in [0.2, 0.25) is 0 Å². The molecule has 1 heterocycles. The number of alkyl halides is 3. The number of aromatic nitrogens is 1. The van der Waals surface area contributed by atoms with E-state index in [4.69, 9.17) is 16.2 Å². The van der Waals surface area contributed by atoms with Gasteiger partial charge in [-0.05, 0) is 31.2 Å². The van der Waals surface area contributed by atoms with Crippen molar-refractivity contribution in [2.24, 2.45) is 16.5 Å². The lowest BCUT2D eigenvalue weighted by Crippen LogP contribution is -2.28. The normalized spacial score (nSPS) is 11.5. The van der Waals surface area contributed by atoms with Gasteiger partial charge in [-0.25, -0.2) is 0 Å². The van der Waals surface area contributed by atoms with Crippen LogP contribution in [0.2, 0.25) is 0 Å². The Morgan fingerprint density at radius 1 is 1.33 bits per heavy atom. The number of nitrogens with one attached hydrogen (secondary N) is 2. The number of halogens is 5. The zero-order valence-electron chi connectivity index (χ0n) is 14.2. The molecule has 0 saturated carbocycles. The third-order valence-electron chi connectivity index (χ3n) is 3.38. The van der Waals surface area contributed by atoms with Crippen molar-refractivity contribution >= 4 is 47.6 Å². The molecule has 0 radical (unpaired) electrons. The van der Waals surface area contributed by atoms with E-state index in [1.54, 1.807) is 0 Å². The number of fused-ring (bicyclic) bond motifs is 1. The van der Waals surface area contributed by atoms with Crippen LogP contribution in [-0.4, -0.2) is 37.1 Å². The van der Waals surface area contributed by atoms with Crippen LogP contribution in [0.15, 0.2) is 23.2 Å². The molecule has 0 aliphatic rings. The van der Waals surface area contributed by atoms with Gasteiger partial charge >= 0.3 is 6.18 Å². The summed E-state index contributed by atoms with van der Waals surface area (Å²) in [5, 5.41) is 2.28. The van der Waals surface area contributed by atoms with Crippen LogP contribution in [0.1, 0.15) is 22.5 Å². The standard InChI is InChI=1S/C15H18F3N5O2.2ClH/c1-21-14(20)23-13(24)10-7-8-9(15(16,17)18)3-4-11(12(8)22-10)25-6-2-5-19;;/h3-4,7,22H,2,5-6,19H2,1H3,(H3,20,21,23,24);2*1H. The van der Waals surface area contributed by atoms with Crippen LogP contribution < -0.4 is 21.5 Å². The number of carbonyl (C=O) groups excluding carboxylic acids is 1. The Morgan fingerprint density at radius 2 is 2.00 bits per heavy atom. The minimum atomic E-state index is -4.58. The van der Waals surface area contributed by atoms with Gasteiger partial charge in [0.15, 0.2) is 5.96 Å². The second-order valence-electron chi connectivity index (χ2n) is 5.12. The molecule has 0 aliphatic carbocycles. The van der Waals surface area contributed by atoms with E-state index in [9.17, 15) is 18.0 Å². The number of nitrogens with zero attached hydrogens (tertiary/aromatic N) is 1. The smallest absolute Gasteiger partial charge is 0.417 e. The number of benzene rings is 1. The maximum Gasteiger partial charge on any atom is 0.417 e. The highest BCUT2D eigenvalue weighted by Crippen LogP contribution is 2.38. The van der Waals surface area contributed by atoms with E-state index in [2.05, 4.69) is 15.3 Å². The summed E-state index contributed by atoms with van der Waals surface area (Å²) in [5.74, 6) is -0.760. The van der Waals surface area contributed by atoms with Crippen molar-refractivity contribution < 1.29 is 22.7 Å². The van der Waals surface area contributed by atoms with E-state index < -0.39 is 17.6 Å². The molecule has 0 spiro atoms. The molecular formula is C15H20Cl2F3N5O2. The number of aliphatic imine (C=N–C) groups is 1. The molecule has 1 aromatic heterocycles. The average Bonchev–Trinajstić information content (AvgIpc) is 2.99. The Morgan fingerprint density at radius 3 is 2.56 bits per heavy atom. The number of ether oxygens (including phenoxy) is 1. The average molecular weight is 430 g/mol. The number of nitrogens with two attached hydrogens (primary N) is 2. The largest absolute Gasteiger partial charge is 0.491 e. The number of rotatable bonds is 5. The first-order valence-corrected chi connectivity index (χ1v) is 7.40. The van der Waals surface area contributed by atoms with Crippen molar-refractivity contribution in [2.45, 2.75) is 12.6 Å². The van der Waals surface area contributed by atoms with E-state index in [1.165, 1.54) is 13.1 Å². The zero-order valence-corrected chi connectivity index (χ0v) is 15.9. The maximum atomic E-state index is 13.2. The van der Waals surface area contributed by atoms with Crippen molar-refractivity contribution in [2.75, 3.05) is 20.2 Å². The van der Waals surface area contributed by atoms with E-state index in [0.717, 1.165) is 12.1 Å². The van der Waals surface area contributed by atoms with Crippen LogP contribution in [0.5, 0.6) is 5.75 Å². The molecule has 152 valence electrons. The van der Waals surface area contributed by atoms with Gasteiger partial charge in [-0.15, -0.1) is 24.8 Å². The lowest BCUT2D eigenvalue weighted by molar-refractivity contribution is -0.136. The first-order valence-electron chi connectivity index (χ1n) is 7.40. The molecule has 6 N–H and O–H groups in total. The summed E-state index contributed by atoms with van der Waals surface area (Å²) in [5.41, 5.74) is 9.83. The number of hydrogen-bond acceptors (Lipinski definition) is 3. The molecule has 2 rings (SSSR count). The maximum absolute atomic E-state index is 13.2. The summed E-state index contributed by atoms with van der Waals surface area (Å²) in [7, 11) is 1.46. The van der Waals surface area contributed by atoms with Gasteiger partial charge in [0, 0.05) is 12.4 Å². The highest BCUT2D eigenvalue weighted by atomic mass is 35.5. The van der Waals surface area contributed by atoms with Gasteiger partial charge in [0.25, 0.3) is 5.91 Å². The van der Waals surface area contributed by atoms with Crippen molar-refractivity contribution in [3.63, 3.8) is 0 Å². The molecule has 0 bridgehead atoms. The summed E-state index contributed by atoms with van der Waals surface area (Å²) in [6.45, 7) is 0.625. The Hall–Kier alpha value is -2.17. The first-order chi connectivity index (χ1) is 11.8. The van der Waals surface area contributed by atoms with E-state index in [-0.39, 0.29) is 59.7 Å². The fraction of sp³-hybridized carbons (Fsp3) is 0.333. The summed E-state index contributed by atoms with van der Waals surface area (Å²) in [4.78, 5) is 18.2. The van der Waals surface area contributed by atoms with E-state index >= 15 is 0 Å². The van der Waals surface area contributed by atoms with Gasteiger partial charge in [-0.3, -0.25) is 4.79 Å². The zero-order chi connectivity index (χ0) is 18.6. The highest BCUT2D eigenvalue weighted by molar-refractivity contribution is 6.05. The van der Waals surface area contributed by atoms with Gasteiger partial charge in [-0.1, -0.05) is 0 Å². The fourth-order valence-corrected chi connectivity index (χ4v) is 2.17. The number of amides is 1. The minimum Gasteiger partial charge on any atom is -0.491 e. The Balaban J connectivity index is 0.00000338. The van der Waals surface area contributed by atoms with Crippen molar-refractivity contribution in [3.8, 4) is 5.75 Å². The van der Waals surface area contributed by atoms with Crippen LogP contribution in [0.4, 0.5) is 13.2 Å². The lowest BCUT2D eigenvalue weighted by atomic mass is 10.1. The molecule has 1 amide bonds. The minimum absolute atomic E-state index is 0. The van der Waals surface area contributed by atoms with Gasteiger partial charge in [0.1, 0.15) is 11.4 Å². The molecule has 2 aromatic rings. The first kappa shape index (κ1) is 24.8. The number of carbonyl (C=O) groups is 1. The van der Waals surface area contributed by atoms with Crippen molar-refractivity contribution in [3.05, 3.63) is 29.5 Å². The second kappa shape index (κ2) is 10.2. The van der Waals surface area contributed by atoms with Gasteiger partial charge in [-0.2, -0.15) is 18.2 Å². The van der Waals surface area contributed by atoms with Crippen LogP contribution >= 0.6 is 24.8 Å². The summed E-state index contributed by atoms with van der Waals surface area (Å²) in [6.07, 6.45) is -4.04. The van der Waals surface area contributed by atoms with Crippen LogP contribution in [0, 0.1) is 0 Å². The molecule has 0 saturated heterocycles. The predicted octanol–water partition coefficient (Wildman–Crippen LogP) is 2.43. The molecule has 1 aromatic carbocycles. The molecule has 27 heavy (non-hydrogen) atoms. The van der Waals surface area contributed by atoms with Gasteiger partial charge < -0.3 is 26.5 Å². The molecule has 7 nitrogen and oxygen atoms in total.